The molecule has 1 saturated carbocycles. The van der Waals surface area contributed by atoms with Crippen LogP contribution < -0.4 is 4.90 Å². The summed E-state index contributed by atoms with van der Waals surface area (Å²) in [5.41, 5.74) is 1.72. The first kappa shape index (κ1) is 17.0. The van der Waals surface area contributed by atoms with Gasteiger partial charge in [-0.05, 0) is 36.4 Å². The van der Waals surface area contributed by atoms with Crippen molar-refractivity contribution in [3.63, 3.8) is 0 Å². The molecule has 1 aromatic carbocycles. The Kier molecular flexibility index (Phi) is 4.08. The van der Waals surface area contributed by atoms with E-state index in [1.807, 2.05) is 29.3 Å². The lowest BCUT2D eigenvalue weighted by Gasteiger charge is -2.39. The van der Waals surface area contributed by atoms with Crippen LogP contribution in [0.1, 0.15) is 43.2 Å². The zero-order valence-electron chi connectivity index (χ0n) is 15.3. The summed E-state index contributed by atoms with van der Waals surface area (Å²) in [7, 11) is 0. The standard InChI is InChI=1S/C21H23ClN4O/c22-20-23-13-16-12-21(26(18(16)24-20)17-8-4-5-9-17)10-11-25(19(21)27)14-15-6-2-1-3-7-15/h1-3,6-7,13,17H,4-5,8-12,14H2. The number of carbonyl (C=O) groups excluding carboxylic acids is 1. The number of aromatic nitrogens is 2. The Morgan fingerprint density at radius 1 is 1.19 bits per heavy atom. The smallest absolute Gasteiger partial charge is 0.249 e. The molecule has 0 bridgehead atoms. The van der Waals surface area contributed by atoms with Crippen molar-refractivity contribution in [1.29, 1.82) is 0 Å². The van der Waals surface area contributed by atoms with Gasteiger partial charge < -0.3 is 9.80 Å². The van der Waals surface area contributed by atoms with Gasteiger partial charge in [0.05, 0.1) is 0 Å². The third-order valence-corrected chi connectivity index (χ3v) is 6.55. The molecule has 5 rings (SSSR count). The lowest BCUT2D eigenvalue weighted by molar-refractivity contribution is -0.132. The summed E-state index contributed by atoms with van der Waals surface area (Å²) in [6.07, 6.45) is 8.02. The van der Waals surface area contributed by atoms with Crippen LogP contribution in [0.3, 0.4) is 0 Å². The molecule has 140 valence electrons. The van der Waals surface area contributed by atoms with Gasteiger partial charge in [-0.3, -0.25) is 4.79 Å². The number of hydrogen-bond donors (Lipinski definition) is 0. The Morgan fingerprint density at radius 3 is 2.74 bits per heavy atom. The van der Waals surface area contributed by atoms with E-state index in [0.29, 0.717) is 19.0 Å². The first-order valence-electron chi connectivity index (χ1n) is 9.81. The molecule has 1 aromatic heterocycles. The van der Waals surface area contributed by atoms with Gasteiger partial charge in [0.15, 0.2) is 0 Å². The van der Waals surface area contributed by atoms with Crippen molar-refractivity contribution in [1.82, 2.24) is 14.9 Å². The molecule has 2 aromatic rings. The van der Waals surface area contributed by atoms with Gasteiger partial charge in [0.1, 0.15) is 11.4 Å². The Hall–Kier alpha value is -2.14. The lowest BCUT2D eigenvalue weighted by atomic mass is 9.91. The fourth-order valence-corrected chi connectivity index (χ4v) is 5.29. The van der Waals surface area contributed by atoms with E-state index in [1.165, 1.54) is 18.4 Å². The average Bonchev–Trinajstić information content (AvgIpc) is 3.37. The number of hydrogen-bond acceptors (Lipinski definition) is 4. The van der Waals surface area contributed by atoms with Crippen LogP contribution in [0.4, 0.5) is 5.82 Å². The molecule has 27 heavy (non-hydrogen) atoms. The van der Waals surface area contributed by atoms with Crippen LogP contribution in [-0.4, -0.2) is 38.9 Å². The quantitative estimate of drug-likeness (QED) is 0.761. The fraction of sp³-hybridized carbons (Fsp3) is 0.476. The second kappa shape index (κ2) is 6.48. The molecule has 0 N–H and O–H groups in total. The minimum absolute atomic E-state index is 0.229. The molecule has 2 fully saturated rings. The number of carbonyl (C=O) groups is 1. The summed E-state index contributed by atoms with van der Waals surface area (Å²) in [6, 6.07) is 10.6. The van der Waals surface area contributed by atoms with Crippen LogP contribution in [0.5, 0.6) is 0 Å². The molecular weight excluding hydrogens is 360 g/mol. The predicted molar refractivity (Wildman–Crippen MR) is 105 cm³/mol. The van der Waals surface area contributed by atoms with Gasteiger partial charge in [-0.1, -0.05) is 43.2 Å². The molecular formula is C21H23ClN4O. The van der Waals surface area contributed by atoms with Gasteiger partial charge in [-0.2, -0.15) is 0 Å². The van der Waals surface area contributed by atoms with Crippen molar-refractivity contribution < 1.29 is 4.79 Å². The van der Waals surface area contributed by atoms with Gasteiger partial charge in [0, 0.05) is 37.3 Å². The highest BCUT2D eigenvalue weighted by molar-refractivity contribution is 6.28. The van der Waals surface area contributed by atoms with E-state index < -0.39 is 5.54 Å². The molecule has 0 radical (unpaired) electrons. The molecule has 1 saturated heterocycles. The number of benzene rings is 1. The third-order valence-electron chi connectivity index (χ3n) is 6.37. The summed E-state index contributed by atoms with van der Waals surface area (Å²) in [5.74, 6) is 1.11. The minimum atomic E-state index is -0.508. The van der Waals surface area contributed by atoms with E-state index in [2.05, 4.69) is 27.0 Å². The Bertz CT molecular complexity index is 868. The van der Waals surface area contributed by atoms with Crippen LogP contribution in [0.15, 0.2) is 36.5 Å². The van der Waals surface area contributed by atoms with Crippen molar-refractivity contribution in [3.8, 4) is 0 Å². The number of nitrogens with zero attached hydrogens (tertiary/aromatic N) is 4. The maximum absolute atomic E-state index is 13.7. The number of fused-ring (bicyclic) bond motifs is 1. The van der Waals surface area contributed by atoms with E-state index in [-0.39, 0.29) is 11.2 Å². The summed E-state index contributed by atoms with van der Waals surface area (Å²) in [6.45, 7) is 1.45. The Balaban J connectivity index is 1.50. The number of anilines is 1. The first-order valence-corrected chi connectivity index (χ1v) is 10.2. The highest BCUT2D eigenvalue weighted by Crippen LogP contribution is 2.47. The van der Waals surface area contributed by atoms with E-state index in [0.717, 1.165) is 37.2 Å². The van der Waals surface area contributed by atoms with E-state index in [9.17, 15) is 4.79 Å². The zero-order valence-corrected chi connectivity index (χ0v) is 16.0. The summed E-state index contributed by atoms with van der Waals surface area (Å²) in [5, 5.41) is 0.264. The van der Waals surface area contributed by atoms with Crippen molar-refractivity contribution in [2.75, 3.05) is 11.4 Å². The van der Waals surface area contributed by atoms with Gasteiger partial charge in [0.25, 0.3) is 0 Å². The number of likely N-dealkylation sites (tertiary alicyclic amines) is 1. The van der Waals surface area contributed by atoms with Crippen LogP contribution >= 0.6 is 11.6 Å². The number of amides is 1. The van der Waals surface area contributed by atoms with Crippen molar-refractivity contribution in [3.05, 3.63) is 52.9 Å². The topological polar surface area (TPSA) is 49.3 Å². The third kappa shape index (κ3) is 2.71. The fourth-order valence-electron chi connectivity index (χ4n) is 5.16. The lowest BCUT2D eigenvalue weighted by Crippen LogP contribution is -2.56. The second-order valence-corrected chi connectivity index (χ2v) is 8.30. The molecule has 3 heterocycles. The van der Waals surface area contributed by atoms with Crippen molar-refractivity contribution in [2.24, 2.45) is 0 Å². The predicted octanol–water partition coefficient (Wildman–Crippen LogP) is 3.61. The normalized spacial score (nSPS) is 25.0. The highest BCUT2D eigenvalue weighted by atomic mass is 35.5. The SMILES string of the molecule is O=C1N(Cc2ccccc2)CCC12Cc1cnc(Cl)nc1N2C1CCCC1. The van der Waals surface area contributed by atoms with E-state index in [4.69, 9.17) is 11.6 Å². The van der Waals surface area contributed by atoms with Crippen LogP contribution in [-0.2, 0) is 17.8 Å². The summed E-state index contributed by atoms with van der Waals surface area (Å²) >= 11 is 6.12. The van der Waals surface area contributed by atoms with Gasteiger partial charge in [-0.15, -0.1) is 0 Å². The molecule has 6 heteroatoms. The van der Waals surface area contributed by atoms with Crippen LogP contribution in [0.2, 0.25) is 5.28 Å². The Labute approximate surface area is 164 Å². The number of rotatable bonds is 3. The van der Waals surface area contributed by atoms with Crippen LogP contribution in [0, 0.1) is 0 Å². The molecule has 1 atom stereocenters. The van der Waals surface area contributed by atoms with Crippen molar-refractivity contribution in [2.45, 2.75) is 56.7 Å². The largest absolute Gasteiger partial charge is 0.338 e. The zero-order chi connectivity index (χ0) is 18.4. The summed E-state index contributed by atoms with van der Waals surface area (Å²) in [4.78, 5) is 26.7. The average molecular weight is 383 g/mol. The van der Waals surface area contributed by atoms with E-state index >= 15 is 0 Å². The first-order chi connectivity index (χ1) is 13.2. The molecule has 1 spiro atoms. The second-order valence-electron chi connectivity index (χ2n) is 7.97. The minimum Gasteiger partial charge on any atom is -0.338 e. The molecule has 1 unspecified atom stereocenters. The monoisotopic (exact) mass is 382 g/mol. The Morgan fingerprint density at radius 2 is 1.96 bits per heavy atom. The molecule has 1 amide bonds. The molecule has 3 aliphatic rings. The van der Waals surface area contributed by atoms with Crippen molar-refractivity contribution >= 4 is 23.3 Å². The van der Waals surface area contributed by atoms with Crippen LogP contribution in [0.25, 0.3) is 0 Å². The highest BCUT2D eigenvalue weighted by Gasteiger charge is 2.57. The number of halogens is 1. The molecule has 1 aliphatic carbocycles. The summed E-state index contributed by atoms with van der Waals surface area (Å²) < 4.78 is 0. The maximum Gasteiger partial charge on any atom is 0.249 e. The van der Waals surface area contributed by atoms with Gasteiger partial charge >= 0.3 is 0 Å². The van der Waals surface area contributed by atoms with E-state index in [1.54, 1.807) is 0 Å². The maximum atomic E-state index is 13.7. The van der Waals surface area contributed by atoms with Gasteiger partial charge in [-0.25, -0.2) is 9.97 Å². The molecule has 5 nitrogen and oxygen atoms in total. The van der Waals surface area contributed by atoms with Gasteiger partial charge in [0.2, 0.25) is 11.2 Å². The molecule has 2 aliphatic heterocycles.